The molecule has 0 saturated heterocycles. The molecule has 0 bridgehead atoms. The van der Waals surface area contributed by atoms with Gasteiger partial charge >= 0.3 is 0 Å². The van der Waals surface area contributed by atoms with E-state index in [0.717, 1.165) is 17.8 Å². The molecule has 2 aromatic rings. The molecule has 0 fully saturated rings. The monoisotopic (exact) mass is 323 g/mol. The standard InChI is InChI=1S/C16H19F2N3O2/c1-10(2)15(23-14-5-4-11(17)6-13(14)18)16(22)21(3)8-12-7-19-9-20-12/h4-7,9-10,15H,8H2,1-3H3,(H,19,20). The van der Waals surface area contributed by atoms with Crippen LogP contribution in [0.15, 0.2) is 30.7 Å². The lowest BCUT2D eigenvalue weighted by Gasteiger charge is -2.26. The number of imidazole rings is 1. The number of amides is 1. The quantitative estimate of drug-likeness (QED) is 0.889. The number of H-pyrrole nitrogens is 1. The van der Waals surface area contributed by atoms with E-state index >= 15 is 0 Å². The van der Waals surface area contributed by atoms with E-state index in [0.29, 0.717) is 6.54 Å². The summed E-state index contributed by atoms with van der Waals surface area (Å²) in [6.07, 6.45) is 2.27. The van der Waals surface area contributed by atoms with Crippen molar-refractivity contribution in [3.05, 3.63) is 48.1 Å². The first kappa shape index (κ1) is 16.9. The number of aromatic amines is 1. The summed E-state index contributed by atoms with van der Waals surface area (Å²) >= 11 is 0. The molecule has 0 aliphatic rings. The minimum absolute atomic E-state index is 0.145. The number of nitrogens with one attached hydrogen (secondary N) is 1. The molecule has 7 heteroatoms. The van der Waals surface area contributed by atoms with E-state index in [1.807, 2.05) is 0 Å². The van der Waals surface area contributed by atoms with Gasteiger partial charge in [-0.1, -0.05) is 13.8 Å². The third-order valence-corrected chi connectivity index (χ3v) is 3.34. The van der Waals surface area contributed by atoms with Gasteiger partial charge in [0.25, 0.3) is 5.91 Å². The van der Waals surface area contributed by atoms with Crippen LogP contribution < -0.4 is 4.74 Å². The van der Waals surface area contributed by atoms with Crippen molar-refractivity contribution in [2.24, 2.45) is 5.92 Å². The second-order valence-corrected chi connectivity index (χ2v) is 5.63. The Balaban J connectivity index is 2.12. The van der Waals surface area contributed by atoms with Gasteiger partial charge in [0.1, 0.15) is 5.82 Å². The minimum Gasteiger partial charge on any atom is -0.477 e. The van der Waals surface area contributed by atoms with Crippen LogP contribution in [-0.2, 0) is 11.3 Å². The summed E-state index contributed by atoms with van der Waals surface area (Å²) in [5, 5.41) is 0. The summed E-state index contributed by atoms with van der Waals surface area (Å²) < 4.78 is 32.2. The van der Waals surface area contributed by atoms with Gasteiger partial charge in [-0.25, -0.2) is 13.8 Å². The van der Waals surface area contributed by atoms with Crippen molar-refractivity contribution in [3.8, 4) is 5.75 Å². The highest BCUT2D eigenvalue weighted by atomic mass is 19.1. The van der Waals surface area contributed by atoms with Crippen LogP contribution in [0.3, 0.4) is 0 Å². The lowest BCUT2D eigenvalue weighted by molar-refractivity contribution is -0.140. The second-order valence-electron chi connectivity index (χ2n) is 5.63. The van der Waals surface area contributed by atoms with Crippen molar-refractivity contribution in [1.29, 1.82) is 0 Å². The van der Waals surface area contributed by atoms with Crippen molar-refractivity contribution >= 4 is 5.91 Å². The topological polar surface area (TPSA) is 58.2 Å². The Labute approximate surface area is 133 Å². The SMILES string of the molecule is CC(C)C(Oc1ccc(F)cc1F)C(=O)N(C)Cc1cnc[nH]1. The maximum Gasteiger partial charge on any atom is 0.264 e. The molecule has 0 saturated carbocycles. The summed E-state index contributed by atoms with van der Waals surface area (Å²) in [5.41, 5.74) is 0.774. The summed E-state index contributed by atoms with van der Waals surface area (Å²) in [6, 6.07) is 3.00. The van der Waals surface area contributed by atoms with Crippen molar-refractivity contribution in [1.82, 2.24) is 14.9 Å². The van der Waals surface area contributed by atoms with Gasteiger partial charge in [0, 0.05) is 19.3 Å². The number of rotatable bonds is 6. The zero-order valence-corrected chi connectivity index (χ0v) is 13.2. The molecule has 0 aliphatic carbocycles. The van der Waals surface area contributed by atoms with Crippen LogP contribution in [0.1, 0.15) is 19.5 Å². The maximum absolute atomic E-state index is 13.7. The molecule has 2 rings (SSSR count). The number of hydrogen-bond acceptors (Lipinski definition) is 3. The average Bonchev–Trinajstić information content (AvgIpc) is 2.98. The number of benzene rings is 1. The minimum atomic E-state index is -0.872. The molecule has 1 atom stereocenters. The molecule has 1 N–H and O–H groups in total. The van der Waals surface area contributed by atoms with E-state index in [-0.39, 0.29) is 17.6 Å². The zero-order valence-electron chi connectivity index (χ0n) is 13.2. The number of ether oxygens (including phenoxy) is 1. The first-order valence-corrected chi connectivity index (χ1v) is 7.22. The van der Waals surface area contributed by atoms with E-state index in [9.17, 15) is 13.6 Å². The van der Waals surface area contributed by atoms with Gasteiger partial charge in [-0.05, 0) is 18.1 Å². The maximum atomic E-state index is 13.7. The molecule has 1 unspecified atom stereocenters. The van der Waals surface area contributed by atoms with Crippen LogP contribution in [0.5, 0.6) is 5.75 Å². The fourth-order valence-electron chi connectivity index (χ4n) is 2.10. The van der Waals surface area contributed by atoms with Crippen molar-refractivity contribution in [3.63, 3.8) is 0 Å². The molecule has 0 spiro atoms. The lowest BCUT2D eigenvalue weighted by atomic mass is 10.1. The largest absolute Gasteiger partial charge is 0.477 e. The molecule has 23 heavy (non-hydrogen) atoms. The second kappa shape index (κ2) is 7.21. The average molecular weight is 323 g/mol. The van der Waals surface area contributed by atoms with Gasteiger partial charge in [-0.15, -0.1) is 0 Å². The highest BCUT2D eigenvalue weighted by molar-refractivity contribution is 5.81. The Morgan fingerprint density at radius 3 is 2.70 bits per heavy atom. The van der Waals surface area contributed by atoms with E-state index in [1.54, 1.807) is 27.1 Å². The van der Waals surface area contributed by atoms with Crippen LogP contribution in [0.4, 0.5) is 8.78 Å². The number of likely N-dealkylation sites (N-methyl/N-ethyl adjacent to an activating group) is 1. The van der Waals surface area contributed by atoms with Gasteiger partial charge in [0.2, 0.25) is 0 Å². The van der Waals surface area contributed by atoms with E-state index in [1.165, 1.54) is 17.3 Å². The van der Waals surface area contributed by atoms with Gasteiger partial charge in [-0.3, -0.25) is 4.79 Å². The summed E-state index contributed by atoms with van der Waals surface area (Å²) in [6.45, 7) is 3.93. The number of nitrogens with zero attached hydrogens (tertiary/aromatic N) is 2. The predicted octanol–water partition coefficient (Wildman–Crippen LogP) is 2.75. The van der Waals surface area contributed by atoms with Crippen LogP contribution in [0.25, 0.3) is 0 Å². The predicted molar refractivity (Wildman–Crippen MR) is 80.7 cm³/mol. The van der Waals surface area contributed by atoms with Gasteiger partial charge in [0.05, 0.1) is 18.6 Å². The van der Waals surface area contributed by atoms with Crippen LogP contribution in [-0.4, -0.2) is 33.9 Å². The molecule has 0 radical (unpaired) electrons. The van der Waals surface area contributed by atoms with Crippen LogP contribution >= 0.6 is 0 Å². The first-order chi connectivity index (χ1) is 10.9. The summed E-state index contributed by atoms with van der Waals surface area (Å²) in [7, 11) is 1.63. The number of carbonyl (C=O) groups excluding carboxylic acids is 1. The van der Waals surface area contributed by atoms with E-state index in [2.05, 4.69) is 9.97 Å². The molecule has 5 nitrogen and oxygen atoms in total. The van der Waals surface area contributed by atoms with E-state index < -0.39 is 17.7 Å². The van der Waals surface area contributed by atoms with Crippen LogP contribution in [0, 0.1) is 17.6 Å². The molecule has 124 valence electrons. The third-order valence-electron chi connectivity index (χ3n) is 3.34. The van der Waals surface area contributed by atoms with E-state index in [4.69, 9.17) is 4.74 Å². The Hall–Kier alpha value is -2.44. The van der Waals surface area contributed by atoms with Crippen LogP contribution in [0.2, 0.25) is 0 Å². The molecule has 0 aliphatic heterocycles. The molecule has 1 aromatic heterocycles. The molecule has 1 aromatic carbocycles. The fourth-order valence-corrected chi connectivity index (χ4v) is 2.10. The number of halogens is 2. The smallest absolute Gasteiger partial charge is 0.264 e. The molecular weight excluding hydrogens is 304 g/mol. The van der Waals surface area contributed by atoms with Crippen molar-refractivity contribution < 1.29 is 18.3 Å². The van der Waals surface area contributed by atoms with Crippen molar-refractivity contribution in [2.45, 2.75) is 26.5 Å². The summed E-state index contributed by atoms with van der Waals surface area (Å²) in [4.78, 5) is 20.8. The Morgan fingerprint density at radius 2 is 2.13 bits per heavy atom. The highest BCUT2D eigenvalue weighted by Gasteiger charge is 2.28. The Kier molecular flexibility index (Phi) is 5.31. The number of carbonyl (C=O) groups is 1. The lowest BCUT2D eigenvalue weighted by Crippen LogP contribution is -2.42. The molecule has 1 amide bonds. The van der Waals surface area contributed by atoms with Gasteiger partial charge < -0.3 is 14.6 Å². The highest BCUT2D eigenvalue weighted by Crippen LogP contribution is 2.22. The number of hydrogen-bond donors (Lipinski definition) is 1. The Bertz CT molecular complexity index is 659. The molecule has 1 heterocycles. The fraction of sp³-hybridized carbons (Fsp3) is 0.375. The third kappa shape index (κ3) is 4.28. The normalized spacial score (nSPS) is 12.3. The zero-order chi connectivity index (χ0) is 17.0. The van der Waals surface area contributed by atoms with Gasteiger partial charge in [0.15, 0.2) is 17.7 Å². The molecular formula is C16H19F2N3O2. The number of aromatic nitrogens is 2. The van der Waals surface area contributed by atoms with Gasteiger partial charge in [-0.2, -0.15) is 0 Å². The first-order valence-electron chi connectivity index (χ1n) is 7.22. The Morgan fingerprint density at radius 1 is 1.39 bits per heavy atom. The van der Waals surface area contributed by atoms with Crippen molar-refractivity contribution in [2.75, 3.05) is 7.05 Å². The summed E-state index contributed by atoms with van der Waals surface area (Å²) in [5.74, 6) is -2.15.